The van der Waals surface area contributed by atoms with Crippen LogP contribution in [0.15, 0.2) is 22.7 Å². The molecule has 132 valence electrons. The molecule has 0 aliphatic carbocycles. The zero-order valence-electron chi connectivity index (χ0n) is 13.5. The molecule has 0 unspecified atom stereocenters. The van der Waals surface area contributed by atoms with Gasteiger partial charge in [0.25, 0.3) is 5.69 Å². The van der Waals surface area contributed by atoms with Crippen molar-refractivity contribution >= 4 is 50.7 Å². The van der Waals surface area contributed by atoms with Crippen LogP contribution in [-0.4, -0.2) is 34.8 Å². The number of hydrogen-bond acceptors (Lipinski definition) is 5. The fourth-order valence-corrected chi connectivity index (χ4v) is 2.10. The predicted octanol–water partition coefficient (Wildman–Crippen LogP) is 3.17. The van der Waals surface area contributed by atoms with Gasteiger partial charge in [-0.15, -0.1) is 0 Å². The average Bonchev–Trinajstić information content (AvgIpc) is 2.44. The van der Waals surface area contributed by atoms with Crippen molar-refractivity contribution < 1.29 is 14.5 Å². The highest BCUT2D eigenvalue weighted by atomic mass is 79.9. The lowest BCUT2D eigenvalue weighted by Gasteiger charge is -2.19. The topological polar surface area (TPSA) is 106 Å². The molecule has 1 aromatic carbocycles. The maximum atomic E-state index is 11.5. The Hall–Kier alpha value is -1.94. The molecule has 0 aliphatic heterocycles. The highest BCUT2D eigenvalue weighted by Crippen LogP contribution is 2.26. The molecule has 8 nitrogen and oxygen atoms in total. The lowest BCUT2D eigenvalue weighted by molar-refractivity contribution is -0.384. The van der Waals surface area contributed by atoms with Crippen molar-refractivity contribution in [3.8, 4) is 0 Å². The van der Waals surface area contributed by atoms with Gasteiger partial charge in [0.15, 0.2) is 5.11 Å². The van der Waals surface area contributed by atoms with E-state index in [0.717, 1.165) is 0 Å². The first kappa shape index (κ1) is 20.1. The van der Waals surface area contributed by atoms with E-state index in [1.54, 1.807) is 26.8 Å². The molecule has 0 atom stereocenters. The van der Waals surface area contributed by atoms with Gasteiger partial charge < -0.3 is 20.7 Å². The highest BCUT2D eigenvalue weighted by Gasteiger charge is 2.15. The van der Waals surface area contributed by atoms with E-state index >= 15 is 0 Å². The fraction of sp³-hybridized carbons (Fsp3) is 0.429. The number of alkyl carbamates (subject to hydrolysis) is 1. The molecule has 3 N–H and O–H groups in total. The summed E-state index contributed by atoms with van der Waals surface area (Å²) in [5.74, 6) is 0. The van der Waals surface area contributed by atoms with Gasteiger partial charge in [0.05, 0.1) is 10.6 Å². The van der Waals surface area contributed by atoms with Crippen molar-refractivity contribution in [2.45, 2.75) is 26.4 Å². The quantitative estimate of drug-likeness (QED) is 0.291. The van der Waals surface area contributed by atoms with Crippen LogP contribution < -0.4 is 16.0 Å². The summed E-state index contributed by atoms with van der Waals surface area (Å²) in [7, 11) is 0. The monoisotopic (exact) mass is 418 g/mol. The standard InChI is InChI=1S/C14H19BrN4O4S/c1-14(2,3)23-13(20)17-7-6-16-12(24)18-11-8-9(19(21)22)4-5-10(11)15/h4-5,8H,6-7H2,1-3H3,(H,17,20)(H2,16,18,24). The van der Waals surface area contributed by atoms with Gasteiger partial charge in [-0.25, -0.2) is 4.79 Å². The lowest BCUT2D eigenvalue weighted by Crippen LogP contribution is -2.39. The Balaban J connectivity index is 2.41. The molecule has 24 heavy (non-hydrogen) atoms. The number of ether oxygens (including phenoxy) is 1. The Morgan fingerprint density at radius 2 is 1.96 bits per heavy atom. The lowest BCUT2D eigenvalue weighted by atomic mass is 10.2. The Morgan fingerprint density at radius 1 is 1.33 bits per heavy atom. The van der Waals surface area contributed by atoms with Gasteiger partial charge in [-0.2, -0.15) is 0 Å². The normalized spacial score (nSPS) is 10.7. The number of rotatable bonds is 5. The van der Waals surface area contributed by atoms with Crippen molar-refractivity contribution in [1.82, 2.24) is 10.6 Å². The predicted molar refractivity (Wildman–Crippen MR) is 99.3 cm³/mol. The Morgan fingerprint density at radius 3 is 2.54 bits per heavy atom. The van der Waals surface area contributed by atoms with Crippen LogP contribution in [0.4, 0.5) is 16.2 Å². The molecular weight excluding hydrogens is 400 g/mol. The molecule has 10 heteroatoms. The molecule has 0 aliphatic rings. The van der Waals surface area contributed by atoms with E-state index in [9.17, 15) is 14.9 Å². The number of amides is 1. The van der Waals surface area contributed by atoms with E-state index in [4.69, 9.17) is 17.0 Å². The van der Waals surface area contributed by atoms with Crippen molar-refractivity contribution in [2.24, 2.45) is 0 Å². The number of hydrogen-bond donors (Lipinski definition) is 3. The third-order valence-electron chi connectivity index (χ3n) is 2.49. The van der Waals surface area contributed by atoms with Gasteiger partial charge in [0.1, 0.15) is 5.60 Å². The third kappa shape index (κ3) is 7.55. The van der Waals surface area contributed by atoms with E-state index in [1.165, 1.54) is 12.1 Å². The number of nitrogens with one attached hydrogen (secondary N) is 3. The van der Waals surface area contributed by atoms with Gasteiger partial charge in [-0.3, -0.25) is 10.1 Å². The summed E-state index contributed by atoms with van der Waals surface area (Å²) in [5.41, 5.74) is -0.125. The van der Waals surface area contributed by atoms with Gasteiger partial charge >= 0.3 is 6.09 Å². The van der Waals surface area contributed by atoms with Crippen molar-refractivity contribution in [1.29, 1.82) is 0 Å². The molecule has 0 radical (unpaired) electrons. The van der Waals surface area contributed by atoms with Gasteiger partial charge in [-0.1, -0.05) is 0 Å². The Kier molecular flexibility index (Phi) is 7.36. The number of carbonyl (C=O) groups is 1. The summed E-state index contributed by atoms with van der Waals surface area (Å²) >= 11 is 8.41. The minimum atomic E-state index is -0.553. The van der Waals surface area contributed by atoms with Crippen LogP contribution in [0.2, 0.25) is 0 Å². The van der Waals surface area contributed by atoms with Crippen LogP contribution in [-0.2, 0) is 4.74 Å². The van der Waals surface area contributed by atoms with Gasteiger partial charge in [-0.05, 0) is 55.0 Å². The molecule has 0 saturated heterocycles. The van der Waals surface area contributed by atoms with E-state index in [-0.39, 0.29) is 10.8 Å². The molecule has 0 spiro atoms. The largest absolute Gasteiger partial charge is 0.444 e. The highest BCUT2D eigenvalue weighted by molar-refractivity contribution is 9.10. The maximum Gasteiger partial charge on any atom is 0.407 e. The number of nitro benzene ring substituents is 1. The molecule has 1 amide bonds. The molecule has 0 aromatic heterocycles. The summed E-state index contributed by atoms with van der Waals surface area (Å²) in [6, 6.07) is 4.32. The van der Waals surface area contributed by atoms with Crippen LogP contribution >= 0.6 is 28.1 Å². The van der Waals surface area contributed by atoms with E-state index < -0.39 is 16.6 Å². The minimum Gasteiger partial charge on any atom is -0.444 e. The smallest absolute Gasteiger partial charge is 0.407 e. The van der Waals surface area contributed by atoms with Crippen molar-refractivity contribution in [3.05, 3.63) is 32.8 Å². The minimum absolute atomic E-state index is 0.0462. The summed E-state index contributed by atoms with van der Waals surface area (Å²) in [4.78, 5) is 21.8. The summed E-state index contributed by atoms with van der Waals surface area (Å²) in [5, 5.41) is 19.4. The molecule has 0 saturated carbocycles. The number of carbonyl (C=O) groups excluding carboxylic acids is 1. The molecule has 0 heterocycles. The first-order valence-corrected chi connectivity index (χ1v) is 8.24. The van der Waals surface area contributed by atoms with Crippen LogP contribution in [0.1, 0.15) is 20.8 Å². The zero-order chi connectivity index (χ0) is 18.3. The molecule has 1 rings (SSSR count). The number of anilines is 1. The van der Waals surface area contributed by atoms with Crippen LogP contribution in [0.3, 0.4) is 0 Å². The number of nitrogens with zero attached hydrogens (tertiary/aromatic N) is 1. The van der Waals surface area contributed by atoms with E-state index in [1.807, 2.05) is 0 Å². The summed E-state index contributed by atoms with van der Waals surface area (Å²) < 4.78 is 5.74. The van der Waals surface area contributed by atoms with Gasteiger partial charge in [0.2, 0.25) is 0 Å². The molecule has 1 aromatic rings. The van der Waals surface area contributed by atoms with E-state index in [2.05, 4.69) is 31.9 Å². The number of halogens is 1. The Bertz CT molecular complexity index is 634. The second-order valence-corrected chi connectivity index (χ2v) is 6.99. The van der Waals surface area contributed by atoms with Crippen molar-refractivity contribution in [2.75, 3.05) is 18.4 Å². The van der Waals surface area contributed by atoms with Crippen LogP contribution in [0.5, 0.6) is 0 Å². The van der Waals surface area contributed by atoms with Gasteiger partial charge in [0, 0.05) is 29.7 Å². The zero-order valence-corrected chi connectivity index (χ0v) is 15.9. The Labute approximate surface area is 153 Å². The second kappa shape index (κ2) is 8.78. The molecule has 0 fully saturated rings. The summed E-state index contributed by atoms with van der Waals surface area (Å²) in [6.07, 6.45) is -0.510. The molecule has 0 bridgehead atoms. The molecular formula is C14H19BrN4O4S. The summed E-state index contributed by atoms with van der Waals surface area (Å²) in [6.45, 7) is 6.02. The third-order valence-corrected chi connectivity index (χ3v) is 3.43. The maximum absolute atomic E-state index is 11.5. The number of benzene rings is 1. The first-order chi connectivity index (χ1) is 11.1. The first-order valence-electron chi connectivity index (χ1n) is 7.04. The second-order valence-electron chi connectivity index (χ2n) is 5.73. The van der Waals surface area contributed by atoms with Crippen molar-refractivity contribution in [3.63, 3.8) is 0 Å². The fourth-order valence-electron chi connectivity index (χ4n) is 1.54. The van der Waals surface area contributed by atoms with E-state index in [0.29, 0.717) is 23.2 Å². The number of thiocarbonyl (C=S) groups is 1. The van der Waals surface area contributed by atoms with Crippen LogP contribution in [0.25, 0.3) is 0 Å². The number of nitro groups is 1. The number of non-ortho nitro benzene ring substituents is 1. The van der Waals surface area contributed by atoms with Crippen LogP contribution in [0, 0.1) is 10.1 Å². The SMILES string of the molecule is CC(C)(C)OC(=O)NCCNC(=S)Nc1cc([N+](=O)[O-])ccc1Br. The average molecular weight is 419 g/mol.